The summed E-state index contributed by atoms with van der Waals surface area (Å²) in [6, 6.07) is 16.5. The summed E-state index contributed by atoms with van der Waals surface area (Å²) in [7, 11) is 0. The summed E-state index contributed by atoms with van der Waals surface area (Å²) in [6.07, 6.45) is 2.71. The van der Waals surface area contributed by atoms with Crippen LogP contribution < -0.4 is 10.2 Å². The van der Waals surface area contributed by atoms with E-state index in [9.17, 15) is 9.59 Å². The number of anilines is 1. The van der Waals surface area contributed by atoms with Crippen LogP contribution in [-0.2, 0) is 17.8 Å². The largest absolute Gasteiger partial charge is 0.371 e. The molecule has 2 aliphatic rings. The molecule has 0 bridgehead atoms. The summed E-state index contributed by atoms with van der Waals surface area (Å²) in [6.45, 7) is 4.69. The normalized spacial score (nSPS) is 17.2. The van der Waals surface area contributed by atoms with Gasteiger partial charge < -0.3 is 15.1 Å². The molecule has 5 nitrogen and oxygen atoms in total. The second kappa shape index (κ2) is 8.05. The Morgan fingerprint density at radius 2 is 1.61 bits per heavy atom. The van der Waals surface area contributed by atoms with E-state index in [0.29, 0.717) is 6.54 Å². The van der Waals surface area contributed by atoms with Crippen LogP contribution in [0.5, 0.6) is 0 Å². The smallest absolute Gasteiger partial charge is 0.256 e. The summed E-state index contributed by atoms with van der Waals surface area (Å²) in [5.41, 5.74) is 4.38. The summed E-state index contributed by atoms with van der Waals surface area (Å²) >= 11 is 0. The van der Waals surface area contributed by atoms with Crippen molar-refractivity contribution in [1.82, 2.24) is 10.2 Å². The summed E-state index contributed by atoms with van der Waals surface area (Å²) < 4.78 is 0. The second-order valence-corrected chi connectivity index (χ2v) is 7.72. The SMILES string of the molecule is CC(=O)NC1CCN(c2ccccc2C(=O)N2CCc3ccccc3C2)CC1. The highest BCUT2D eigenvalue weighted by Gasteiger charge is 2.27. The Morgan fingerprint density at radius 1 is 0.929 bits per heavy atom. The number of hydrogen-bond acceptors (Lipinski definition) is 3. The Balaban J connectivity index is 1.49. The van der Waals surface area contributed by atoms with Gasteiger partial charge in [-0.05, 0) is 42.5 Å². The van der Waals surface area contributed by atoms with E-state index in [0.717, 1.165) is 50.1 Å². The van der Waals surface area contributed by atoms with E-state index in [1.807, 2.05) is 35.2 Å². The maximum atomic E-state index is 13.3. The molecule has 0 spiro atoms. The standard InChI is InChI=1S/C23H27N3O2/c1-17(27)24-20-11-14-25(15-12-20)22-9-5-4-8-21(22)23(28)26-13-10-18-6-2-3-7-19(18)16-26/h2-9,20H,10-16H2,1H3,(H,24,27). The molecule has 1 N–H and O–H groups in total. The second-order valence-electron chi connectivity index (χ2n) is 7.72. The fourth-order valence-corrected chi connectivity index (χ4v) is 4.32. The number of carbonyl (C=O) groups is 2. The van der Waals surface area contributed by atoms with Crippen molar-refractivity contribution in [2.45, 2.75) is 38.8 Å². The fraction of sp³-hybridized carbons (Fsp3) is 0.391. The molecule has 0 aromatic heterocycles. The van der Waals surface area contributed by atoms with Crippen LogP contribution in [0.4, 0.5) is 5.69 Å². The molecular weight excluding hydrogens is 350 g/mol. The third kappa shape index (κ3) is 3.88. The quantitative estimate of drug-likeness (QED) is 0.895. The highest BCUT2D eigenvalue weighted by molar-refractivity contribution is 6.00. The number of piperidine rings is 1. The molecule has 2 aromatic carbocycles. The van der Waals surface area contributed by atoms with Crippen LogP contribution in [0, 0.1) is 0 Å². The van der Waals surface area contributed by atoms with Crippen LogP contribution in [0.2, 0.25) is 0 Å². The van der Waals surface area contributed by atoms with Crippen LogP contribution in [0.15, 0.2) is 48.5 Å². The molecule has 0 atom stereocenters. The highest BCUT2D eigenvalue weighted by Crippen LogP contribution is 2.27. The fourth-order valence-electron chi connectivity index (χ4n) is 4.32. The highest BCUT2D eigenvalue weighted by atomic mass is 16.2. The number of nitrogens with one attached hydrogen (secondary N) is 1. The predicted octanol–water partition coefficient (Wildman–Crippen LogP) is 2.99. The van der Waals surface area contributed by atoms with Crippen molar-refractivity contribution in [3.63, 3.8) is 0 Å². The van der Waals surface area contributed by atoms with Crippen molar-refractivity contribution >= 4 is 17.5 Å². The zero-order valence-electron chi connectivity index (χ0n) is 16.4. The molecule has 1 saturated heterocycles. The van der Waals surface area contributed by atoms with Crippen LogP contribution in [-0.4, -0.2) is 42.4 Å². The molecule has 2 heterocycles. The Bertz CT molecular complexity index is 872. The Morgan fingerprint density at radius 3 is 2.36 bits per heavy atom. The van der Waals surface area contributed by atoms with Gasteiger partial charge in [-0.15, -0.1) is 0 Å². The first-order valence-electron chi connectivity index (χ1n) is 10.1. The van der Waals surface area contributed by atoms with Crippen LogP contribution in [0.25, 0.3) is 0 Å². The molecule has 146 valence electrons. The topological polar surface area (TPSA) is 52.7 Å². The van der Waals surface area contributed by atoms with E-state index in [1.54, 1.807) is 6.92 Å². The third-order valence-corrected chi connectivity index (χ3v) is 5.80. The first-order chi connectivity index (χ1) is 13.6. The van der Waals surface area contributed by atoms with Gasteiger partial charge >= 0.3 is 0 Å². The van der Waals surface area contributed by atoms with E-state index in [-0.39, 0.29) is 17.9 Å². The molecule has 0 aliphatic carbocycles. The van der Waals surface area contributed by atoms with Gasteiger partial charge in [0.15, 0.2) is 0 Å². The Hall–Kier alpha value is -2.82. The number of carbonyl (C=O) groups excluding carboxylic acids is 2. The van der Waals surface area contributed by atoms with E-state index in [2.05, 4.69) is 28.4 Å². The van der Waals surface area contributed by atoms with E-state index in [1.165, 1.54) is 11.1 Å². The monoisotopic (exact) mass is 377 g/mol. The van der Waals surface area contributed by atoms with E-state index < -0.39 is 0 Å². The molecule has 5 heteroatoms. The number of fused-ring (bicyclic) bond motifs is 1. The molecule has 28 heavy (non-hydrogen) atoms. The van der Waals surface area contributed by atoms with Crippen molar-refractivity contribution in [2.24, 2.45) is 0 Å². The molecule has 0 unspecified atom stereocenters. The minimum absolute atomic E-state index is 0.0272. The molecular formula is C23H27N3O2. The molecule has 2 amide bonds. The average Bonchev–Trinajstić information content (AvgIpc) is 2.73. The number of para-hydroxylation sites is 1. The number of amides is 2. The first-order valence-corrected chi connectivity index (χ1v) is 10.1. The van der Waals surface area contributed by atoms with Gasteiger partial charge in [0.25, 0.3) is 5.91 Å². The van der Waals surface area contributed by atoms with Crippen LogP contribution >= 0.6 is 0 Å². The summed E-state index contributed by atoms with van der Waals surface area (Å²) in [5, 5.41) is 3.01. The first kappa shape index (κ1) is 18.5. The minimum Gasteiger partial charge on any atom is -0.371 e. The van der Waals surface area contributed by atoms with Crippen LogP contribution in [0.1, 0.15) is 41.3 Å². The molecule has 0 saturated carbocycles. The zero-order chi connectivity index (χ0) is 19.5. The number of nitrogens with zero attached hydrogens (tertiary/aromatic N) is 2. The lowest BCUT2D eigenvalue weighted by atomic mass is 9.98. The molecule has 4 rings (SSSR count). The predicted molar refractivity (Wildman–Crippen MR) is 110 cm³/mol. The maximum Gasteiger partial charge on any atom is 0.256 e. The lowest BCUT2D eigenvalue weighted by molar-refractivity contribution is -0.119. The van der Waals surface area contributed by atoms with Crippen molar-refractivity contribution in [1.29, 1.82) is 0 Å². The number of benzene rings is 2. The van der Waals surface area contributed by atoms with E-state index >= 15 is 0 Å². The Kier molecular flexibility index (Phi) is 5.33. The average molecular weight is 377 g/mol. The van der Waals surface area contributed by atoms with Gasteiger partial charge in [-0.1, -0.05) is 36.4 Å². The van der Waals surface area contributed by atoms with Gasteiger partial charge in [0.1, 0.15) is 0 Å². The molecule has 2 aromatic rings. The maximum absolute atomic E-state index is 13.3. The van der Waals surface area contributed by atoms with Gasteiger partial charge in [0.05, 0.1) is 5.56 Å². The van der Waals surface area contributed by atoms with Crippen LogP contribution in [0.3, 0.4) is 0 Å². The lowest BCUT2D eigenvalue weighted by Crippen LogP contribution is -2.44. The molecule has 1 fully saturated rings. The van der Waals surface area contributed by atoms with E-state index in [4.69, 9.17) is 0 Å². The van der Waals surface area contributed by atoms with Crippen molar-refractivity contribution < 1.29 is 9.59 Å². The third-order valence-electron chi connectivity index (χ3n) is 5.80. The van der Waals surface area contributed by atoms with Gasteiger partial charge in [0, 0.05) is 44.8 Å². The Labute approximate surface area is 166 Å². The number of hydrogen-bond donors (Lipinski definition) is 1. The number of rotatable bonds is 3. The molecule has 0 radical (unpaired) electrons. The minimum atomic E-state index is 0.0272. The zero-order valence-corrected chi connectivity index (χ0v) is 16.4. The van der Waals surface area contributed by atoms with Gasteiger partial charge in [0.2, 0.25) is 5.91 Å². The van der Waals surface area contributed by atoms with Crippen molar-refractivity contribution in [3.8, 4) is 0 Å². The van der Waals surface area contributed by atoms with Crippen molar-refractivity contribution in [3.05, 3.63) is 65.2 Å². The van der Waals surface area contributed by atoms with Gasteiger partial charge in [-0.3, -0.25) is 9.59 Å². The van der Waals surface area contributed by atoms with Gasteiger partial charge in [-0.2, -0.15) is 0 Å². The van der Waals surface area contributed by atoms with Gasteiger partial charge in [-0.25, -0.2) is 0 Å². The summed E-state index contributed by atoms with van der Waals surface area (Å²) in [4.78, 5) is 28.9. The molecule has 2 aliphatic heterocycles. The lowest BCUT2D eigenvalue weighted by Gasteiger charge is -2.36. The summed E-state index contributed by atoms with van der Waals surface area (Å²) in [5.74, 6) is 0.133. The van der Waals surface area contributed by atoms with Crippen molar-refractivity contribution in [2.75, 3.05) is 24.5 Å².